The molecule has 0 fully saturated rings. The Morgan fingerprint density at radius 2 is 2.00 bits per heavy atom. The average Bonchev–Trinajstić information content (AvgIpc) is 3.55. The van der Waals surface area contributed by atoms with Crippen LogP contribution in [0.25, 0.3) is 38.2 Å². The summed E-state index contributed by atoms with van der Waals surface area (Å²) in [6, 6.07) is 18.3. The Bertz CT molecular complexity index is 1680. The molecule has 0 aliphatic carbocycles. The monoisotopic (exact) mass is 470 g/mol. The van der Waals surface area contributed by atoms with Crippen LogP contribution in [-0.2, 0) is 5.75 Å². The number of aromatic amines is 2. The van der Waals surface area contributed by atoms with Gasteiger partial charge < -0.3 is 9.97 Å². The summed E-state index contributed by atoms with van der Waals surface area (Å²) in [5.74, 6) is 1.84. The second-order valence-corrected chi connectivity index (χ2v) is 9.52. The number of nitrogens with zero attached hydrogens (tertiary/aromatic N) is 4. The van der Waals surface area contributed by atoms with Crippen LogP contribution in [0.4, 0.5) is 0 Å². The molecule has 0 saturated carbocycles. The lowest BCUT2D eigenvalue weighted by molar-refractivity contribution is 0.882. The Morgan fingerprint density at radius 3 is 2.91 bits per heavy atom. The molecule has 0 radical (unpaired) electrons. The number of benzene rings is 2. The number of thiophene rings is 1. The van der Waals surface area contributed by atoms with Crippen molar-refractivity contribution in [1.29, 1.82) is 0 Å². The Kier molecular flexibility index (Phi) is 4.85. The first kappa shape index (κ1) is 20.0. The van der Waals surface area contributed by atoms with Crippen molar-refractivity contribution in [2.75, 3.05) is 0 Å². The zero-order valence-corrected chi connectivity index (χ0v) is 19.2. The Labute approximate surface area is 196 Å². The number of nitrogens with one attached hydrogen (secondary N) is 2. The molecule has 6 rings (SSSR count). The molecule has 4 heterocycles. The highest BCUT2D eigenvalue weighted by atomic mass is 32.2. The number of hydrogen-bond acceptors (Lipinski definition) is 6. The van der Waals surface area contributed by atoms with E-state index < -0.39 is 0 Å². The van der Waals surface area contributed by atoms with Crippen LogP contribution in [0.15, 0.2) is 76.1 Å². The van der Waals surface area contributed by atoms with Crippen molar-refractivity contribution in [3.63, 3.8) is 0 Å². The highest BCUT2D eigenvalue weighted by molar-refractivity contribution is 7.98. The van der Waals surface area contributed by atoms with Gasteiger partial charge >= 0.3 is 0 Å². The third-order valence-corrected chi connectivity index (χ3v) is 7.27. The van der Waals surface area contributed by atoms with Crippen molar-refractivity contribution >= 4 is 44.2 Å². The molecule has 0 atom stereocenters. The van der Waals surface area contributed by atoms with E-state index in [2.05, 4.69) is 60.9 Å². The second kappa shape index (κ2) is 8.02. The van der Waals surface area contributed by atoms with E-state index in [1.807, 2.05) is 41.9 Å². The molecule has 2 aromatic carbocycles. The van der Waals surface area contributed by atoms with Gasteiger partial charge in [-0.3, -0.25) is 9.36 Å². The van der Waals surface area contributed by atoms with E-state index in [0.29, 0.717) is 16.3 Å². The number of rotatable bonds is 5. The van der Waals surface area contributed by atoms with Crippen molar-refractivity contribution < 1.29 is 0 Å². The largest absolute Gasteiger partial charge is 0.360 e. The summed E-state index contributed by atoms with van der Waals surface area (Å²) in [4.78, 5) is 23.2. The van der Waals surface area contributed by atoms with Gasteiger partial charge in [0.15, 0.2) is 11.0 Å². The summed E-state index contributed by atoms with van der Waals surface area (Å²) in [5, 5.41) is 12.8. The van der Waals surface area contributed by atoms with Crippen molar-refractivity contribution in [1.82, 2.24) is 29.7 Å². The minimum absolute atomic E-state index is 0.106. The quantitative estimate of drug-likeness (QED) is 0.333. The molecule has 2 N–H and O–H groups in total. The van der Waals surface area contributed by atoms with E-state index >= 15 is 0 Å². The summed E-state index contributed by atoms with van der Waals surface area (Å²) in [6.45, 7) is 2.07. The van der Waals surface area contributed by atoms with Crippen molar-refractivity contribution in [3.05, 3.63) is 87.9 Å². The van der Waals surface area contributed by atoms with Crippen LogP contribution in [0, 0.1) is 6.92 Å². The van der Waals surface area contributed by atoms with E-state index in [9.17, 15) is 4.79 Å². The molecular weight excluding hydrogens is 452 g/mol. The highest BCUT2D eigenvalue weighted by Crippen LogP contribution is 2.33. The highest BCUT2D eigenvalue weighted by Gasteiger charge is 2.19. The van der Waals surface area contributed by atoms with Gasteiger partial charge in [-0.05, 0) is 42.1 Å². The summed E-state index contributed by atoms with van der Waals surface area (Å²) in [6.07, 6.45) is 1.97. The molecule has 0 unspecified atom stereocenters. The fraction of sp³-hybridized carbons (Fsp3) is 0.0833. The van der Waals surface area contributed by atoms with Gasteiger partial charge in [-0.25, -0.2) is 4.98 Å². The first-order valence-corrected chi connectivity index (χ1v) is 12.2. The first-order valence-electron chi connectivity index (χ1n) is 10.4. The molecule has 7 nitrogen and oxygen atoms in total. The molecule has 0 bridgehead atoms. The summed E-state index contributed by atoms with van der Waals surface area (Å²) >= 11 is 2.89. The van der Waals surface area contributed by atoms with Gasteiger partial charge in [-0.15, -0.1) is 21.5 Å². The lowest BCUT2D eigenvalue weighted by Crippen LogP contribution is -2.09. The normalized spacial score (nSPS) is 11.5. The van der Waals surface area contributed by atoms with Gasteiger partial charge in [-0.1, -0.05) is 42.1 Å². The fourth-order valence-corrected chi connectivity index (χ4v) is 5.46. The minimum atomic E-state index is -0.106. The molecule has 0 saturated heterocycles. The van der Waals surface area contributed by atoms with E-state index in [-0.39, 0.29) is 5.56 Å². The van der Waals surface area contributed by atoms with Gasteiger partial charge in [0.2, 0.25) is 0 Å². The summed E-state index contributed by atoms with van der Waals surface area (Å²) in [5.41, 5.74) is 4.78. The molecular formula is C24H18N6OS2. The maximum atomic E-state index is 12.4. The smallest absolute Gasteiger partial charge is 0.268 e. The Morgan fingerprint density at radius 1 is 1.09 bits per heavy atom. The molecule has 33 heavy (non-hydrogen) atoms. The van der Waals surface area contributed by atoms with Gasteiger partial charge in [0, 0.05) is 28.4 Å². The fourth-order valence-electron chi connectivity index (χ4n) is 3.92. The van der Waals surface area contributed by atoms with Crippen LogP contribution >= 0.6 is 23.1 Å². The van der Waals surface area contributed by atoms with Crippen molar-refractivity contribution in [2.24, 2.45) is 0 Å². The van der Waals surface area contributed by atoms with Crippen LogP contribution in [-0.4, -0.2) is 29.7 Å². The SMILES string of the molecule is Cc1cccc(-n2c(SCc3nc4ccsc4c(=O)[nH]3)nnc2-c2c[nH]c3ccccc23)c1. The zero-order valence-electron chi connectivity index (χ0n) is 17.6. The first-order chi connectivity index (χ1) is 16.2. The van der Waals surface area contributed by atoms with Crippen LogP contribution in [0.2, 0.25) is 0 Å². The van der Waals surface area contributed by atoms with Gasteiger partial charge in [0.05, 0.1) is 11.3 Å². The predicted molar refractivity (Wildman–Crippen MR) is 133 cm³/mol. The zero-order chi connectivity index (χ0) is 22.4. The minimum Gasteiger partial charge on any atom is -0.360 e. The van der Waals surface area contributed by atoms with Crippen LogP contribution in [0.1, 0.15) is 11.4 Å². The molecule has 4 aromatic heterocycles. The summed E-state index contributed by atoms with van der Waals surface area (Å²) < 4.78 is 2.71. The van der Waals surface area contributed by atoms with Crippen molar-refractivity contribution in [2.45, 2.75) is 17.8 Å². The Hall–Kier alpha value is -3.69. The maximum Gasteiger partial charge on any atom is 0.268 e. The van der Waals surface area contributed by atoms with Crippen LogP contribution in [0.5, 0.6) is 0 Å². The standard InChI is InChI=1S/C24H18N6OS2/c1-14-5-4-6-15(11-14)30-22(17-12-25-18-8-3-2-7-16(17)18)28-29-24(30)33-13-20-26-19-9-10-32-21(19)23(31)27-20/h2-12,25H,13H2,1H3,(H,26,27,31). The third-order valence-electron chi connectivity index (χ3n) is 5.43. The number of aromatic nitrogens is 6. The van der Waals surface area contributed by atoms with E-state index in [1.165, 1.54) is 23.1 Å². The molecule has 6 aromatic rings. The second-order valence-electron chi connectivity index (χ2n) is 7.66. The van der Waals surface area contributed by atoms with E-state index in [0.717, 1.165) is 44.2 Å². The molecule has 0 amide bonds. The predicted octanol–water partition coefficient (Wildman–Crippen LogP) is 5.31. The molecule has 0 spiro atoms. The lowest BCUT2D eigenvalue weighted by atomic mass is 10.1. The third kappa shape index (κ3) is 3.55. The van der Waals surface area contributed by atoms with Crippen molar-refractivity contribution in [3.8, 4) is 17.1 Å². The van der Waals surface area contributed by atoms with Crippen LogP contribution in [0.3, 0.4) is 0 Å². The van der Waals surface area contributed by atoms with E-state index in [1.54, 1.807) is 0 Å². The van der Waals surface area contributed by atoms with Gasteiger partial charge in [0.1, 0.15) is 10.5 Å². The maximum absolute atomic E-state index is 12.4. The van der Waals surface area contributed by atoms with Crippen LogP contribution < -0.4 is 5.56 Å². The number of thioether (sulfide) groups is 1. The number of H-pyrrole nitrogens is 2. The number of para-hydroxylation sites is 1. The Balaban J connectivity index is 1.44. The lowest BCUT2D eigenvalue weighted by Gasteiger charge is -2.11. The molecule has 9 heteroatoms. The molecule has 0 aliphatic rings. The van der Waals surface area contributed by atoms with E-state index in [4.69, 9.17) is 0 Å². The topological polar surface area (TPSA) is 92.2 Å². The summed E-state index contributed by atoms with van der Waals surface area (Å²) in [7, 11) is 0. The molecule has 0 aliphatic heterocycles. The average molecular weight is 471 g/mol. The number of aryl methyl sites for hydroxylation is 1. The van der Waals surface area contributed by atoms with Gasteiger partial charge in [0.25, 0.3) is 5.56 Å². The molecule has 162 valence electrons. The number of fused-ring (bicyclic) bond motifs is 2. The van der Waals surface area contributed by atoms with Gasteiger partial charge in [-0.2, -0.15) is 0 Å². The number of hydrogen-bond donors (Lipinski definition) is 2.